The van der Waals surface area contributed by atoms with Crippen molar-refractivity contribution in [3.8, 4) is 5.75 Å². The largest absolute Gasteiger partial charge is 0.490 e. The molecule has 8 heteroatoms. The molecule has 1 atom stereocenters. The Kier molecular flexibility index (Phi) is 9.18. The van der Waals surface area contributed by atoms with E-state index in [9.17, 15) is 8.42 Å². The summed E-state index contributed by atoms with van der Waals surface area (Å²) in [6.45, 7) is 9.80. The average molecular weight is 447 g/mol. The molecule has 0 saturated heterocycles. The number of para-hydroxylation sites is 1. The van der Waals surface area contributed by atoms with Gasteiger partial charge in [0.2, 0.25) is 10.0 Å². The van der Waals surface area contributed by atoms with Crippen molar-refractivity contribution in [3.63, 3.8) is 0 Å². The van der Waals surface area contributed by atoms with Crippen LogP contribution in [0, 0.1) is 6.92 Å². The second kappa shape index (κ2) is 11.6. The normalized spacial score (nSPS) is 12.9. The minimum absolute atomic E-state index is 0.134. The van der Waals surface area contributed by atoms with Crippen LogP contribution in [0.3, 0.4) is 0 Å². The molecule has 0 heterocycles. The van der Waals surface area contributed by atoms with Gasteiger partial charge in [0.15, 0.2) is 5.96 Å². The number of benzene rings is 2. The van der Waals surface area contributed by atoms with Crippen molar-refractivity contribution in [2.24, 2.45) is 4.99 Å². The number of ether oxygens (including phenoxy) is 1. The van der Waals surface area contributed by atoms with Gasteiger partial charge < -0.3 is 15.4 Å². The molecule has 0 aliphatic heterocycles. The Hall–Kier alpha value is -2.74. The maximum Gasteiger partial charge on any atom is 0.229 e. The first-order valence-electron chi connectivity index (χ1n) is 10.6. The third-order valence-corrected chi connectivity index (χ3v) is 5.23. The van der Waals surface area contributed by atoms with E-state index in [2.05, 4.69) is 35.3 Å². The number of nitrogens with zero attached hydrogens (tertiary/aromatic N) is 1. The van der Waals surface area contributed by atoms with Crippen LogP contribution in [-0.4, -0.2) is 33.3 Å². The maximum absolute atomic E-state index is 11.6. The monoisotopic (exact) mass is 446 g/mol. The number of anilines is 1. The molecule has 2 aromatic carbocycles. The van der Waals surface area contributed by atoms with Crippen LogP contribution in [0.5, 0.6) is 5.75 Å². The third-order valence-electron chi connectivity index (χ3n) is 4.64. The molecule has 0 aliphatic carbocycles. The molecule has 0 radical (unpaired) electrons. The highest BCUT2D eigenvalue weighted by atomic mass is 32.2. The number of nitrogens with one attached hydrogen (secondary N) is 3. The summed E-state index contributed by atoms with van der Waals surface area (Å²) in [6.07, 6.45) is 2.21. The van der Waals surface area contributed by atoms with Crippen LogP contribution >= 0.6 is 0 Å². The van der Waals surface area contributed by atoms with E-state index in [1.807, 2.05) is 38.1 Å². The van der Waals surface area contributed by atoms with Crippen molar-refractivity contribution in [2.45, 2.75) is 53.3 Å². The van der Waals surface area contributed by atoms with Gasteiger partial charge in [0.25, 0.3) is 0 Å². The van der Waals surface area contributed by atoms with Gasteiger partial charge in [-0.25, -0.2) is 13.4 Å². The number of rotatable bonds is 10. The summed E-state index contributed by atoms with van der Waals surface area (Å²) >= 11 is 0. The lowest BCUT2D eigenvalue weighted by atomic mass is 10.1. The molecule has 3 N–H and O–H groups in total. The fourth-order valence-electron chi connectivity index (χ4n) is 2.86. The number of hydrogen-bond donors (Lipinski definition) is 3. The van der Waals surface area contributed by atoms with Gasteiger partial charge in [0, 0.05) is 18.7 Å². The summed E-state index contributed by atoms with van der Waals surface area (Å²) in [4.78, 5) is 4.70. The predicted octanol–water partition coefficient (Wildman–Crippen LogP) is 3.80. The minimum atomic E-state index is -3.35. The van der Waals surface area contributed by atoms with Crippen molar-refractivity contribution >= 4 is 21.7 Å². The smallest absolute Gasteiger partial charge is 0.229 e. The Balaban J connectivity index is 2.16. The van der Waals surface area contributed by atoms with Crippen LogP contribution in [0.15, 0.2) is 47.5 Å². The highest BCUT2D eigenvalue weighted by Crippen LogP contribution is 2.23. The zero-order valence-corrected chi connectivity index (χ0v) is 19.8. The van der Waals surface area contributed by atoms with Gasteiger partial charge in [-0.05, 0) is 50.5 Å². The second-order valence-corrected chi connectivity index (χ2v) is 9.28. The maximum atomic E-state index is 11.6. The molecule has 0 bridgehead atoms. The second-order valence-electron chi connectivity index (χ2n) is 7.53. The first-order chi connectivity index (χ1) is 14.7. The Morgan fingerprint density at radius 3 is 2.52 bits per heavy atom. The molecule has 170 valence electrons. The summed E-state index contributed by atoms with van der Waals surface area (Å²) < 4.78 is 31.9. The molecule has 2 aromatic rings. The molecule has 0 aliphatic rings. The molecule has 7 nitrogen and oxygen atoms in total. The third kappa shape index (κ3) is 8.49. The molecule has 0 amide bonds. The average Bonchev–Trinajstić information content (AvgIpc) is 2.71. The molecule has 1 unspecified atom stereocenters. The van der Waals surface area contributed by atoms with E-state index in [-0.39, 0.29) is 6.10 Å². The molecular weight excluding hydrogens is 412 g/mol. The van der Waals surface area contributed by atoms with Crippen molar-refractivity contribution < 1.29 is 13.2 Å². The fraction of sp³-hybridized carbons (Fsp3) is 0.435. The van der Waals surface area contributed by atoms with Gasteiger partial charge in [0.05, 0.1) is 24.6 Å². The lowest BCUT2D eigenvalue weighted by Gasteiger charge is -2.17. The Morgan fingerprint density at radius 2 is 1.84 bits per heavy atom. The number of aryl methyl sites for hydroxylation is 1. The molecule has 0 saturated carbocycles. The highest BCUT2D eigenvalue weighted by Gasteiger charge is 2.10. The molecular formula is C23H34N4O3S. The topological polar surface area (TPSA) is 91.8 Å². The van der Waals surface area contributed by atoms with E-state index in [1.54, 1.807) is 12.1 Å². The van der Waals surface area contributed by atoms with E-state index in [0.29, 0.717) is 31.3 Å². The zero-order valence-electron chi connectivity index (χ0n) is 19.0. The van der Waals surface area contributed by atoms with E-state index in [4.69, 9.17) is 9.73 Å². The summed E-state index contributed by atoms with van der Waals surface area (Å²) in [5.41, 5.74) is 3.54. The van der Waals surface area contributed by atoms with E-state index in [0.717, 1.165) is 35.1 Å². The number of guanidine groups is 1. The predicted molar refractivity (Wildman–Crippen MR) is 128 cm³/mol. The number of aliphatic imine (C=N–C) groups is 1. The van der Waals surface area contributed by atoms with Gasteiger partial charge in [-0.1, -0.05) is 37.3 Å². The molecule has 2 rings (SSSR count). The van der Waals surface area contributed by atoms with Gasteiger partial charge in [-0.15, -0.1) is 0 Å². The van der Waals surface area contributed by atoms with Gasteiger partial charge in [-0.2, -0.15) is 0 Å². The summed E-state index contributed by atoms with van der Waals surface area (Å²) in [5, 5.41) is 6.51. The first kappa shape index (κ1) is 24.5. The van der Waals surface area contributed by atoms with Crippen LogP contribution in [0.4, 0.5) is 5.69 Å². The van der Waals surface area contributed by atoms with Crippen LogP contribution in [0.2, 0.25) is 0 Å². The standard InChI is InChI=1S/C23H34N4O3S/c1-6-18(4)30-22-14-17(3)12-13-20(22)16-26-23(24-7-2)25-15-19-10-8-9-11-21(19)27-31(5,28)29/h8-14,18,27H,6-7,15-16H2,1-5H3,(H2,24,25,26). The van der Waals surface area contributed by atoms with Crippen LogP contribution in [-0.2, 0) is 23.1 Å². The number of hydrogen-bond acceptors (Lipinski definition) is 4. The summed E-state index contributed by atoms with van der Waals surface area (Å²) in [6, 6.07) is 13.4. The van der Waals surface area contributed by atoms with Crippen molar-refractivity contribution in [2.75, 3.05) is 17.5 Å². The summed E-state index contributed by atoms with van der Waals surface area (Å²) in [7, 11) is -3.35. The SMILES string of the molecule is CCNC(=NCc1ccc(C)cc1OC(C)CC)NCc1ccccc1NS(C)(=O)=O. The van der Waals surface area contributed by atoms with E-state index in [1.165, 1.54) is 0 Å². The van der Waals surface area contributed by atoms with Crippen molar-refractivity contribution in [1.82, 2.24) is 10.6 Å². The van der Waals surface area contributed by atoms with Gasteiger partial charge in [-0.3, -0.25) is 4.72 Å². The molecule has 31 heavy (non-hydrogen) atoms. The lowest BCUT2D eigenvalue weighted by Crippen LogP contribution is -2.37. The first-order valence-corrected chi connectivity index (χ1v) is 12.4. The molecule has 0 fully saturated rings. The van der Waals surface area contributed by atoms with E-state index < -0.39 is 10.0 Å². The van der Waals surface area contributed by atoms with Gasteiger partial charge in [0.1, 0.15) is 5.75 Å². The Morgan fingerprint density at radius 1 is 1.10 bits per heavy atom. The van der Waals surface area contributed by atoms with Gasteiger partial charge >= 0.3 is 0 Å². The summed E-state index contributed by atoms with van der Waals surface area (Å²) in [5.74, 6) is 1.50. The zero-order chi connectivity index (χ0) is 22.9. The highest BCUT2D eigenvalue weighted by molar-refractivity contribution is 7.92. The Labute approximate surface area is 186 Å². The van der Waals surface area contributed by atoms with Crippen LogP contribution < -0.4 is 20.1 Å². The van der Waals surface area contributed by atoms with Crippen LogP contribution in [0.1, 0.15) is 43.9 Å². The van der Waals surface area contributed by atoms with Crippen LogP contribution in [0.25, 0.3) is 0 Å². The molecule has 0 spiro atoms. The quantitative estimate of drug-likeness (QED) is 0.381. The van der Waals surface area contributed by atoms with E-state index >= 15 is 0 Å². The Bertz CT molecular complexity index is 990. The minimum Gasteiger partial charge on any atom is -0.490 e. The fourth-order valence-corrected chi connectivity index (χ4v) is 3.46. The lowest BCUT2D eigenvalue weighted by molar-refractivity contribution is 0.215. The van der Waals surface area contributed by atoms with Crippen molar-refractivity contribution in [1.29, 1.82) is 0 Å². The van der Waals surface area contributed by atoms with Crippen molar-refractivity contribution in [3.05, 3.63) is 59.2 Å². The number of sulfonamides is 1. The molecule has 0 aromatic heterocycles.